The fraction of sp³-hybridized carbons (Fsp3) is 0.333. The van der Waals surface area contributed by atoms with Crippen LogP contribution in [0.3, 0.4) is 0 Å². The summed E-state index contributed by atoms with van der Waals surface area (Å²) in [5.41, 5.74) is 1.33. The highest BCUT2D eigenvalue weighted by atomic mass is 32.1. The highest BCUT2D eigenvalue weighted by molar-refractivity contribution is 7.22. The Morgan fingerprint density at radius 1 is 1.06 bits per heavy atom. The summed E-state index contributed by atoms with van der Waals surface area (Å²) in [6.07, 6.45) is 1.90. The monoisotopic (exact) mass is 476 g/mol. The van der Waals surface area contributed by atoms with Crippen LogP contribution in [0.2, 0.25) is 0 Å². The molecule has 0 saturated carbocycles. The Labute approximate surface area is 203 Å². The van der Waals surface area contributed by atoms with Gasteiger partial charge in [0.15, 0.2) is 5.13 Å². The molecule has 5 rings (SSSR count). The number of carbonyl (C=O) groups excluding carboxylic acids is 1. The first kappa shape index (κ1) is 22.6. The Morgan fingerprint density at radius 3 is 2.68 bits per heavy atom. The van der Waals surface area contributed by atoms with E-state index in [1.807, 2.05) is 68.4 Å². The summed E-state index contributed by atoms with van der Waals surface area (Å²) in [6.45, 7) is 6.07. The van der Waals surface area contributed by atoms with Crippen LogP contribution in [-0.2, 0) is 4.74 Å². The van der Waals surface area contributed by atoms with Crippen LogP contribution >= 0.6 is 11.3 Å². The molecule has 1 aliphatic rings. The van der Waals surface area contributed by atoms with E-state index in [4.69, 9.17) is 19.2 Å². The lowest BCUT2D eigenvalue weighted by molar-refractivity contribution is 0.0916. The molecule has 0 radical (unpaired) electrons. The third-order valence-corrected chi connectivity index (χ3v) is 7.00. The van der Waals surface area contributed by atoms with Gasteiger partial charge in [0.25, 0.3) is 5.91 Å². The van der Waals surface area contributed by atoms with Crippen LogP contribution in [0.1, 0.15) is 37.0 Å². The second-order valence-electron chi connectivity index (χ2n) is 8.18. The number of carbonyl (C=O) groups is 1. The van der Waals surface area contributed by atoms with Gasteiger partial charge >= 0.3 is 0 Å². The highest BCUT2D eigenvalue weighted by Gasteiger charge is 2.30. The molecule has 1 saturated heterocycles. The van der Waals surface area contributed by atoms with E-state index in [9.17, 15) is 4.79 Å². The molecular formula is C27H28N2O4S. The summed E-state index contributed by atoms with van der Waals surface area (Å²) < 4.78 is 18.6. The van der Waals surface area contributed by atoms with E-state index in [2.05, 4.69) is 0 Å². The lowest BCUT2D eigenvalue weighted by atomic mass is 10.0. The number of hydrogen-bond acceptors (Lipinski definition) is 6. The van der Waals surface area contributed by atoms with Gasteiger partial charge in [-0.2, -0.15) is 0 Å². The Balaban J connectivity index is 1.64. The maximum absolute atomic E-state index is 14.3. The standard InChI is InChI=1S/C27H28N2O4S/c1-3-31-21-15-14-18-9-5-6-11-20(18)24(21)26(30)29(17-19-10-8-16-33-19)27-28-25-22(32-4-2)12-7-13-23(25)34-27/h5-7,9,11-15,19H,3-4,8,10,16-17H2,1-2H3. The Morgan fingerprint density at radius 2 is 1.88 bits per heavy atom. The van der Waals surface area contributed by atoms with Crippen LogP contribution in [0.25, 0.3) is 21.0 Å². The van der Waals surface area contributed by atoms with Crippen LogP contribution in [-0.4, -0.2) is 43.4 Å². The molecule has 1 atom stereocenters. The summed E-state index contributed by atoms with van der Waals surface area (Å²) in [5.74, 6) is 1.18. The predicted octanol–water partition coefficient (Wildman–Crippen LogP) is 6.07. The minimum Gasteiger partial charge on any atom is -0.493 e. The highest BCUT2D eigenvalue weighted by Crippen LogP contribution is 2.37. The maximum atomic E-state index is 14.3. The number of rotatable bonds is 8. The molecule has 0 spiro atoms. The molecule has 176 valence electrons. The Bertz CT molecular complexity index is 1310. The second-order valence-corrected chi connectivity index (χ2v) is 9.19. The van der Waals surface area contributed by atoms with Gasteiger partial charge in [-0.15, -0.1) is 0 Å². The molecule has 0 bridgehead atoms. The smallest absolute Gasteiger partial charge is 0.264 e. The van der Waals surface area contributed by atoms with Crippen LogP contribution in [0, 0.1) is 0 Å². The van der Waals surface area contributed by atoms with E-state index in [1.165, 1.54) is 11.3 Å². The van der Waals surface area contributed by atoms with Gasteiger partial charge in [0, 0.05) is 6.61 Å². The lowest BCUT2D eigenvalue weighted by Gasteiger charge is -2.24. The number of anilines is 1. The molecule has 0 N–H and O–H groups in total. The second kappa shape index (κ2) is 9.99. The lowest BCUT2D eigenvalue weighted by Crippen LogP contribution is -2.37. The van der Waals surface area contributed by atoms with Gasteiger partial charge in [-0.3, -0.25) is 9.69 Å². The quantitative estimate of drug-likeness (QED) is 0.309. The van der Waals surface area contributed by atoms with E-state index in [0.717, 1.165) is 46.2 Å². The summed E-state index contributed by atoms with van der Waals surface area (Å²) >= 11 is 1.49. The van der Waals surface area contributed by atoms with Crippen molar-refractivity contribution in [2.24, 2.45) is 0 Å². The van der Waals surface area contributed by atoms with Crippen LogP contribution in [0.15, 0.2) is 54.6 Å². The minimum atomic E-state index is -0.132. The molecule has 4 aromatic rings. The molecule has 1 aliphatic heterocycles. The number of ether oxygens (including phenoxy) is 3. The first-order valence-corrected chi connectivity index (χ1v) is 12.6. The predicted molar refractivity (Wildman–Crippen MR) is 137 cm³/mol. The third-order valence-electron chi connectivity index (χ3n) is 5.96. The summed E-state index contributed by atoms with van der Waals surface area (Å²) in [6, 6.07) is 17.7. The van der Waals surface area contributed by atoms with E-state index in [-0.39, 0.29) is 12.0 Å². The van der Waals surface area contributed by atoms with Gasteiger partial charge in [0.05, 0.1) is 36.1 Å². The van der Waals surface area contributed by atoms with Gasteiger partial charge in [0.2, 0.25) is 0 Å². The van der Waals surface area contributed by atoms with Gasteiger partial charge in [0.1, 0.15) is 17.0 Å². The average molecular weight is 477 g/mol. The number of benzene rings is 3. The molecule has 2 heterocycles. The van der Waals surface area contributed by atoms with Crippen LogP contribution in [0.5, 0.6) is 11.5 Å². The fourth-order valence-corrected chi connectivity index (χ4v) is 5.41. The largest absolute Gasteiger partial charge is 0.493 e. The zero-order chi connectivity index (χ0) is 23.5. The van der Waals surface area contributed by atoms with Crippen molar-refractivity contribution < 1.29 is 19.0 Å². The number of fused-ring (bicyclic) bond motifs is 2. The Kier molecular flexibility index (Phi) is 6.65. The van der Waals surface area contributed by atoms with Crippen LogP contribution < -0.4 is 14.4 Å². The van der Waals surface area contributed by atoms with Crippen molar-refractivity contribution >= 4 is 43.4 Å². The van der Waals surface area contributed by atoms with E-state index >= 15 is 0 Å². The Hall–Kier alpha value is -3.16. The van der Waals surface area contributed by atoms with Crippen molar-refractivity contribution in [3.8, 4) is 11.5 Å². The van der Waals surface area contributed by atoms with Crippen molar-refractivity contribution in [2.75, 3.05) is 31.3 Å². The topological polar surface area (TPSA) is 60.9 Å². The number of para-hydroxylation sites is 1. The fourth-order valence-electron chi connectivity index (χ4n) is 4.42. The maximum Gasteiger partial charge on any atom is 0.264 e. The van der Waals surface area contributed by atoms with Crippen molar-refractivity contribution in [1.82, 2.24) is 4.98 Å². The number of hydrogen-bond donors (Lipinski definition) is 0. The zero-order valence-electron chi connectivity index (χ0n) is 19.5. The molecule has 1 aromatic heterocycles. The number of aromatic nitrogens is 1. The van der Waals surface area contributed by atoms with Gasteiger partial charge in [-0.25, -0.2) is 4.98 Å². The molecule has 1 amide bonds. The summed E-state index contributed by atoms with van der Waals surface area (Å²) in [7, 11) is 0. The molecular weight excluding hydrogens is 448 g/mol. The zero-order valence-corrected chi connectivity index (χ0v) is 20.3. The number of thiazole rings is 1. The number of nitrogens with zero attached hydrogens (tertiary/aromatic N) is 2. The molecule has 7 heteroatoms. The summed E-state index contributed by atoms with van der Waals surface area (Å²) in [5, 5.41) is 2.50. The molecule has 34 heavy (non-hydrogen) atoms. The average Bonchev–Trinajstić information content (AvgIpc) is 3.53. The van der Waals surface area contributed by atoms with Crippen molar-refractivity contribution in [2.45, 2.75) is 32.8 Å². The van der Waals surface area contributed by atoms with Crippen molar-refractivity contribution in [1.29, 1.82) is 0 Å². The molecule has 1 unspecified atom stereocenters. The van der Waals surface area contributed by atoms with Crippen molar-refractivity contribution in [3.05, 3.63) is 60.2 Å². The van der Waals surface area contributed by atoms with E-state index in [1.54, 1.807) is 4.90 Å². The normalized spacial score (nSPS) is 15.6. The number of amides is 1. The third kappa shape index (κ3) is 4.33. The van der Waals surface area contributed by atoms with E-state index < -0.39 is 0 Å². The van der Waals surface area contributed by atoms with Crippen LogP contribution in [0.4, 0.5) is 5.13 Å². The van der Waals surface area contributed by atoms with Crippen molar-refractivity contribution in [3.63, 3.8) is 0 Å². The first-order chi connectivity index (χ1) is 16.7. The minimum absolute atomic E-state index is 0.0205. The molecule has 6 nitrogen and oxygen atoms in total. The SMILES string of the molecule is CCOc1ccc2ccccc2c1C(=O)N(CC1CCCO1)c1nc2c(OCC)cccc2s1. The van der Waals surface area contributed by atoms with Gasteiger partial charge in [-0.1, -0.05) is 47.7 Å². The van der Waals surface area contributed by atoms with E-state index in [0.29, 0.717) is 36.2 Å². The summed E-state index contributed by atoms with van der Waals surface area (Å²) in [4.78, 5) is 20.9. The van der Waals surface area contributed by atoms with Gasteiger partial charge in [-0.05, 0) is 55.7 Å². The molecule has 0 aliphatic carbocycles. The molecule has 1 fully saturated rings. The molecule has 3 aromatic carbocycles. The first-order valence-electron chi connectivity index (χ1n) is 11.8. The van der Waals surface area contributed by atoms with Gasteiger partial charge < -0.3 is 14.2 Å².